The Bertz CT molecular complexity index is 1380. The van der Waals surface area contributed by atoms with Crippen molar-refractivity contribution in [3.05, 3.63) is 80.9 Å². The van der Waals surface area contributed by atoms with Gasteiger partial charge in [0.25, 0.3) is 11.8 Å². The SMILES string of the molecule is C/C(=N\NC(=O)c1sc2cccc(Cl)c2c1Cl)c1cccc(NC(=O)c2ccnn2C)c1. The van der Waals surface area contributed by atoms with Gasteiger partial charge in [0.15, 0.2) is 0 Å². The molecule has 2 aromatic heterocycles. The minimum Gasteiger partial charge on any atom is -0.321 e. The van der Waals surface area contributed by atoms with Gasteiger partial charge in [-0.25, -0.2) is 5.43 Å². The molecular formula is C22H17Cl2N5O2S. The van der Waals surface area contributed by atoms with Crippen LogP contribution in [0.15, 0.2) is 59.8 Å². The monoisotopic (exact) mass is 485 g/mol. The van der Waals surface area contributed by atoms with Gasteiger partial charge < -0.3 is 5.32 Å². The minimum atomic E-state index is -0.424. The number of rotatable bonds is 5. The van der Waals surface area contributed by atoms with Crippen molar-refractivity contribution in [3.8, 4) is 0 Å². The van der Waals surface area contributed by atoms with Crippen molar-refractivity contribution in [2.45, 2.75) is 6.92 Å². The molecule has 0 aliphatic heterocycles. The maximum absolute atomic E-state index is 12.7. The summed E-state index contributed by atoms with van der Waals surface area (Å²) in [5, 5.41) is 12.5. The van der Waals surface area contributed by atoms with E-state index < -0.39 is 5.91 Å². The van der Waals surface area contributed by atoms with E-state index in [4.69, 9.17) is 23.2 Å². The van der Waals surface area contributed by atoms with E-state index >= 15 is 0 Å². The number of hydrogen-bond donors (Lipinski definition) is 2. The first-order valence-electron chi connectivity index (χ1n) is 9.46. The number of amides is 2. The van der Waals surface area contributed by atoms with Crippen LogP contribution in [0.2, 0.25) is 10.0 Å². The molecule has 2 heterocycles. The highest BCUT2D eigenvalue weighted by Crippen LogP contribution is 2.39. The fourth-order valence-electron chi connectivity index (χ4n) is 3.08. The first-order chi connectivity index (χ1) is 15.3. The highest BCUT2D eigenvalue weighted by Gasteiger charge is 2.19. The summed E-state index contributed by atoms with van der Waals surface area (Å²) >= 11 is 13.8. The van der Waals surface area contributed by atoms with Crippen molar-refractivity contribution in [2.75, 3.05) is 5.32 Å². The van der Waals surface area contributed by atoms with Gasteiger partial charge >= 0.3 is 0 Å². The average molecular weight is 486 g/mol. The summed E-state index contributed by atoms with van der Waals surface area (Å²) in [5.41, 5.74) is 4.87. The average Bonchev–Trinajstić information content (AvgIpc) is 3.36. The fraction of sp³-hybridized carbons (Fsp3) is 0.0909. The molecule has 4 aromatic rings. The molecule has 162 valence electrons. The number of fused-ring (bicyclic) bond motifs is 1. The van der Waals surface area contributed by atoms with Gasteiger partial charge in [-0.3, -0.25) is 14.3 Å². The van der Waals surface area contributed by atoms with Crippen molar-refractivity contribution < 1.29 is 9.59 Å². The second kappa shape index (κ2) is 9.12. The van der Waals surface area contributed by atoms with Crippen LogP contribution in [0.3, 0.4) is 0 Å². The van der Waals surface area contributed by atoms with Gasteiger partial charge in [0.2, 0.25) is 0 Å². The second-order valence-electron chi connectivity index (χ2n) is 6.87. The molecule has 2 aromatic carbocycles. The number of anilines is 1. The Kier molecular flexibility index (Phi) is 6.27. The van der Waals surface area contributed by atoms with E-state index in [0.717, 1.165) is 10.3 Å². The lowest BCUT2D eigenvalue weighted by Crippen LogP contribution is -2.19. The smallest absolute Gasteiger partial charge is 0.283 e. The van der Waals surface area contributed by atoms with Crippen LogP contribution in [0, 0.1) is 0 Å². The van der Waals surface area contributed by atoms with Gasteiger partial charge in [-0.1, -0.05) is 41.4 Å². The minimum absolute atomic E-state index is 0.275. The number of carbonyl (C=O) groups is 2. The van der Waals surface area contributed by atoms with Crippen LogP contribution in [0.1, 0.15) is 32.6 Å². The largest absolute Gasteiger partial charge is 0.321 e. The van der Waals surface area contributed by atoms with E-state index in [2.05, 4.69) is 20.9 Å². The quantitative estimate of drug-likeness (QED) is 0.295. The van der Waals surface area contributed by atoms with Crippen molar-refractivity contribution in [3.63, 3.8) is 0 Å². The number of nitrogens with zero attached hydrogens (tertiary/aromatic N) is 3. The summed E-state index contributed by atoms with van der Waals surface area (Å²) in [6.07, 6.45) is 1.56. The van der Waals surface area contributed by atoms with Crippen molar-refractivity contribution in [1.29, 1.82) is 0 Å². The summed E-state index contributed by atoms with van der Waals surface area (Å²) < 4.78 is 2.32. The van der Waals surface area contributed by atoms with Crippen molar-refractivity contribution in [1.82, 2.24) is 15.2 Å². The summed E-state index contributed by atoms with van der Waals surface area (Å²) in [4.78, 5) is 25.4. The lowest BCUT2D eigenvalue weighted by atomic mass is 10.1. The van der Waals surface area contributed by atoms with Gasteiger partial charge in [-0.2, -0.15) is 10.2 Å². The van der Waals surface area contributed by atoms with Crippen molar-refractivity contribution >= 4 is 67.8 Å². The lowest BCUT2D eigenvalue weighted by molar-refractivity contribution is 0.0958. The second-order valence-corrected chi connectivity index (χ2v) is 8.71. The molecule has 7 nitrogen and oxygen atoms in total. The van der Waals surface area contributed by atoms with Gasteiger partial charge in [0.1, 0.15) is 10.6 Å². The summed E-state index contributed by atoms with van der Waals surface area (Å²) in [6, 6.07) is 14.2. The van der Waals surface area contributed by atoms with E-state index in [-0.39, 0.29) is 5.91 Å². The third kappa shape index (κ3) is 4.38. The van der Waals surface area contributed by atoms with Gasteiger partial charge in [-0.05, 0) is 42.8 Å². The number of nitrogens with one attached hydrogen (secondary N) is 2. The Morgan fingerprint density at radius 2 is 1.88 bits per heavy atom. The topological polar surface area (TPSA) is 88.4 Å². The molecule has 4 rings (SSSR count). The van der Waals surface area contributed by atoms with Gasteiger partial charge in [-0.15, -0.1) is 11.3 Å². The highest BCUT2D eigenvalue weighted by atomic mass is 35.5. The predicted molar refractivity (Wildman–Crippen MR) is 129 cm³/mol. The molecule has 0 fully saturated rings. The number of hydrazone groups is 1. The molecule has 0 spiro atoms. The van der Waals surface area contributed by atoms with E-state index in [9.17, 15) is 9.59 Å². The summed E-state index contributed by atoms with van der Waals surface area (Å²) in [5.74, 6) is -0.699. The number of aryl methyl sites for hydroxylation is 1. The van der Waals surface area contributed by atoms with Crippen LogP contribution in [0.4, 0.5) is 5.69 Å². The molecule has 2 N–H and O–H groups in total. The molecule has 0 aliphatic rings. The zero-order valence-electron chi connectivity index (χ0n) is 17.0. The van der Waals surface area contributed by atoms with Gasteiger partial charge in [0.05, 0.1) is 15.8 Å². The summed E-state index contributed by atoms with van der Waals surface area (Å²) in [6.45, 7) is 1.76. The first-order valence-corrected chi connectivity index (χ1v) is 11.0. The molecule has 10 heteroatoms. The van der Waals surface area contributed by atoms with E-state index in [1.165, 1.54) is 16.0 Å². The number of carbonyl (C=O) groups excluding carboxylic acids is 2. The Balaban J connectivity index is 1.50. The van der Waals surface area contributed by atoms with Crippen LogP contribution < -0.4 is 10.7 Å². The van der Waals surface area contributed by atoms with E-state index in [1.807, 2.05) is 18.2 Å². The fourth-order valence-corrected chi connectivity index (χ4v) is 4.93. The number of benzene rings is 2. The lowest BCUT2D eigenvalue weighted by Gasteiger charge is -2.08. The highest BCUT2D eigenvalue weighted by molar-refractivity contribution is 7.21. The van der Waals surface area contributed by atoms with Crippen LogP contribution in [0.25, 0.3) is 10.1 Å². The third-order valence-corrected chi connectivity index (χ3v) is 6.69. The molecular weight excluding hydrogens is 469 g/mol. The Labute approximate surface area is 197 Å². The Hall–Kier alpha value is -3.20. The normalized spacial score (nSPS) is 11.6. The Morgan fingerprint density at radius 1 is 1.09 bits per heavy atom. The molecule has 0 bridgehead atoms. The van der Waals surface area contributed by atoms with Crippen LogP contribution in [-0.4, -0.2) is 27.3 Å². The maximum Gasteiger partial charge on any atom is 0.283 e. The molecule has 0 atom stereocenters. The molecule has 32 heavy (non-hydrogen) atoms. The molecule has 2 amide bonds. The number of aromatic nitrogens is 2. The zero-order valence-corrected chi connectivity index (χ0v) is 19.3. The molecule has 0 unspecified atom stereocenters. The molecule has 0 aliphatic carbocycles. The maximum atomic E-state index is 12.7. The molecule has 0 radical (unpaired) electrons. The standard InChI is InChI=1S/C22H17Cl2N5O2S/c1-12(13-5-3-6-14(11-13)26-21(30)16-9-10-25-29(16)2)27-28-22(31)20-19(24)18-15(23)7-4-8-17(18)32-20/h3-11H,1-2H3,(H,26,30)(H,28,31)/b27-12+. The zero-order chi connectivity index (χ0) is 22.8. The predicted octanol–water partition coefficient (Wildman–Crippen LogP) is 5.35. The Morgan fingerprint density at radius 3 is 2.59 bits per heavy atom. The van der Waals surface area contributed by atoms with E-state index in [1.54, 1.807) is 50.5 Å². The van der Waals surface area contributed by atoms with Crippen LogP contribution in [-0.2, 0) is 7.05 Å². The molecule has 0 saturated heterocycles. The third-order valence-electron chi connectivity index (χ3n) is 4.73. The number of hydrogen-bond acceptors (Lipinski definition) is 5. The van der Waals surface area contributed by atoms with Gasteiger partial charge in [0, 0.05) is 29.0 Å². The number of halogens is 2. The number of thiophene rings is 1. The van der Waals surface area contributed by atoms with Crippen molar-refractivity contribution in [2.24, 2.45) is 12.1 Å². The van der Waals surface area contributed by atoms with E-state index in [0.29, 0.717) is 37.4 Å². The van der Waals surface area contributed by atoms with Crippen LogP contribution >= 0.6 is 34.5 Å². The summed E-state index contributed by atoms with van der Waals surface area (Å²) in [7, 11) is 1.70. The molecule has 0 saturated carbocycles. The van der Waals surface area contributed by atoms with Crippen LogP contribution in [0.5, 0.6) is 0 Å². The first kappa shape index (κ1) is 22.0.